The second-order valence-corrected chi connectivity index (χ2v) is 5.03. The van der Waals surface area contributed by atoms with Crippen molar-refractivity contribution in [1.82, 2.24) is 9.88 Å². The number of anilines is 2. The lowest BCUT2D eigenvalue weighted by atomic mass is 10.0. The van der Waals surface area contributed by atoms with Crippen molar-refractivity contribution in [3.8, 4) is 0 Å². The fraction of sp³-hybridized carbons (Fsp3) is 0.615. The van der Waals surface area contributed by atoms with Crippen LogP contribution in [0.3, 0.4) is 0 Å². The normalized spacial score (nSPS) is 21.5. The Hall–Kier alpha value is -1.29. The van der Waals surface area contributed by atoms with Gasteiger partial charge in [-0.05, 0) is 45.5 Å². The topological polar surface area (TPSA) is 45.4 Å². The van der Waals surface area contributed by atoms with E-state index < -0.39 is 0 Å². The van der Waals surface area contributed by atoms with Crippen LogP contribution in [-0.4, -0.2) is 43.1 Å². The molecule has 0 saturated carbocycles. The van der Waals surface area contributed by atoms with Gasteiger partial charge in [-0.2, -0.15) is 0 Å². The van der Waals surface area contributed by atoms with E-state index in [0.29, 0.717) is 6.04 Å². The number of aromatic nitrogens is 1. The van der Waals surface area contributed by atoms with E-state index in [1.165, 1.54) is 19.4 Å². The number of likely N-dealkylation sites (N-methyl/N-ethyl adjacent to an activating group) is 2. The van der Waals surface area contributed by atoms with Gasteiger partial charge in [0.1, 0.15) is 0 Å². The molecule has 0 spiro atoms. The first-order valence-corrected chi connectivity index (χ1v) is 6.22. The summed E-state index contributed by atoms with van der Waals surface area (Å²) in [5.41, 5.74) is 7.80. The van der Waals surface area contributed by atoms with Crippen LogP contribution < -0.4 is 10.6 Å². The van der Waals surface area contributed by atoms with Crippen molar-refractivity contribution in [1.29, 1.82) is 0 Å². The molecular weight excluding hydrogens is 212 g/mol. The van der Waals surface area contributed by atoms with Crippen LogP contribution in [0.4, 0.5) is 11.5 Å². The largest absolute Gasteiger partial charge is 0.396 e. The molecule has 1 saturated heterocycles. The van der Waals surface area contributed by atoms with Crippen molar-refractivity contribution in [3.63, 3.8) is 0 Å². The first-order chi connectivity index (χ1) is 8.08. The Kier molecular flexibility index (Phi) is 3.52. The number of pyridine rings is 1. The quantitative estimate of drug-likeness (QED) is 0.842. The Morgan fingerprint density at radius 3 is 2.94 bits per heavy atom. The third-order valence-electron chi connectivity index (χ3n) is 3.53. The number of aryl methyl sites for hydroxylation is 1. The van der Waals surface area contributed by atoms with Gasteiger partial charge in [-0.15, -0.1) is 0 Å². The molecule has 0 amide bonds. The van der Waals surface area contributed by atoms with E-state index in [1.54, 1.807) is 0 Å². The van der Waals surface area contributed by atoms with Crippen molar-refractivity contribution in [2.45, 2.75) is 25.8 Å². The van der Waals surface area contributed by atoms with Crippen molar-refractivity contribution in [2.24, 2.45) is 0 Å². The molecule has 2 rings (SSSR count). The van der Waals surface area contributed by atoms with Gasteiger partial charge < -0.3 is 15.5 Å². The average Bonchev–Trinajstić information content (AvgIpc) is 2.31. The molecule has 4 heteroatoms. The second-order valence-electron chi connectivity index (χ2n) is 5.03. The summed E-state index contributed by atoms with van der Waals surface area (Å²) >= 11 is 0. The van der Waals surface area contributed by atoms with Gasteiger partial charge in [0.05, 0.1) is 5.69 Å². The Morgan fingerprint density at radius 1 is 1.47 bits per heavy atom. The van der Waals surface area contributed by atoms with E-state index >= 15 is 0 Å². The highest BCUT2D eigenvalue weighted by molar-refractivity contribution is 5.63. The Bertz CT molecular complexity index is 391. The highest BCUT2D eigenvalue weighted by Gasteiger charge is 2.23. The average molecular weight is 234 g/mol. The molecule has 1 aromatic rings. The van der Waals surface area contributed by atoms with Crippen molar-refractivity contribution < 1.29 is 0 Å². The van der Waals surface area contributed by atoms with Gasteiger partial charge in [0.2, 0.25) is 0 Å². The number of rotatable bonds is 2. The summed E-state index contributed by atoms with van der Waals surface area (Å²) in [6, 6.07) is 4.42. The van der Waals surface area contributed by atoms with Gasteiger partial charge in [-0.25, -0.2) is 4.98 Å². The summed E-state index contributed by atoms with van der Waals surface area (Å²) < 4.78 is 0. The van der Waals surface area contributed by atoms with Crippen LogP contribution in [0, 0.1) is 6.92 Å². The Balaban J connectivity index is 2.18. The molecule has 1 fully saturated rings. The number of likely N-dealkylation sites (tertiary alicyclic amines) is 1. The van der Waals surface area contributed by atoms with Gasteiger partial charge in [0.15, 0.2) is 5.82 Å². The first kappa shape index (κ1) is 12.2. The van der Waals surface area contributed by atoms with Crippen LogP contribution >= 0.6 is 0 Å². The first-order valence-electron chi connectivity index (χ1n) is 6.22. The zero-order chi connectivity index (χ0) is 12.4. The molecule has 0 aromatic carbocycles. The van der Waals surface area contributed by atoms with Crippen LogP contribution in [0.25, 0.3) is 0 Å². The molecule has 0 bridgehead atoms. The molecule has 17 heavy (non-hydrogen) atoms. The third kappa shape index (κ3) is 2.69. The third-order valence-corrected chi connectivity index (χ3v) is 3.53. The standard InChI is InChI=1S/C13H22N4/c1-10-6-7-12(14)13(15-10)17(3)11-5-4-8-16(2)9-11/h6-7,11H,4-5,8-9,14H2,1-3H3. The van der Waals surface area contributed by atoms with Crippen LogP contribution in [0.2, 0.25) is 0 Å². The van der Waals surface area contributed by atoms with Crippen molar-refractivity contribution in [2.75, 3.05) is 37.8 Å². The monoisotopic (exact) mass is 234 g/mol. The molecule has 0 radical (unpaired) electrons. The summed E-state index contributed by atoms with van der Waals surface area (Å²) in [6.07, 6.45) is 2.47. The fourth-order valence-electron chi connectivity index (χ4n) is 2.46. The van der Waals surface area contributed by atoms with E-state index in [2.05, 4.69) is 28.9 Å². The molecule has 0 aliphatic carbocycles. The molecule has 1 atom stereocenters. The van der Waals surface area contributed by atoms with E-state index in [4.69, 9.17) is 5.73 Å². The van der Waals surface area contributed by atoms with Gasteiger partial charge >= 0.3 is 0 Å². The molecule has 2 N–H and O–H groups in total. The number of nitrogens with zero attached hydrogens (tertiary/aromatic N) is 3. The second kappa shape index (κ2) is 4.92. The molecule has 2 heterocycles. The molecule has 94 valence electrons. The maximum atomic E-state index is 6.01. The smallest absolute Gasteiger partial charge is 0.152 e. The van der Waals surface area contributed by atoms with Gasteiger partial charge in [0, 0.05) is 25.3 Å². The van der Waals surface area contributed by atoms with Crippen LogP contribution in [0.1, 0.15) is 18.5 Å². The lowest BCUT2D eigenvalue weighted by Crippen LogP contribution is -2.45. The van der Waals surface area contributed by atoms with Crippen molar-refractivity contribution >= 4 is 11.5 Å². The number of hydrogen-bond donors (Lipinski definition) is 1. The Labute approximate surface area is 103 Å². The van der Waals surface area contributed by atoms with E-state index in [9.17, 15) is 0 Å². The zero-order valence-corrected chi connectivity index (χ0v) is 11.0. The minimum atomic E-state index is 0.519. The van der Waals surface area contributed by atoms with E-state index in [1.807, 2.05) is 19.1 Å². The molecular formula is C13H22N4. The van der Waals surface area contributed by atoms with Crippen LogP contribution in [0.5, 0.6) is 0 Å². The minimum Gasteiger partial charge on any atom is -0.396 e. The van der Waals surface area contributed by atoms with Crippen LogP contribution in [-0.2, 0) is 0 Å². The predicted molar refractivity (Wildman–Crippen MR) is 72.3 cm³/mol. The predicted octanol–water partition coefficient (Wildman–Crippen LogP) is 1.50. The summed E-state index contributed by atoms with van der Waals surface area (Å²) in [7, 11) is 4.27. The fourth-order valence-corrected chi connectivity index (χ4v) is 2.46. The van der Waals surface area contributed by atoms with Gasteiger partial charge in [0.25, 0.3) is 0 Å². The molecule has 1 aliphatic rings. The maximum Gasteiger partial charge on any atom is 0.152 e. The molecule has 1 aliphatic heterocycles. The van der Waals surface area contributed by atoms with Gasteiger partial charge in [-0.1, -0.05) is 0 Å². The zero-order valence-electron chi connectivity index (χ0n) is 11.0. The van der Waals surface area contributed by atoms with E-state index in [0.717, 1.165) is 23.7 Å². The summed E-state index contributed by atoms with van der Waals surface area (Å²) in [4.78, 5) is 9.16. The van der Waals surface area contributed by atoms with Crippen molar-refractivity contribution in [3.05, 3.63) is 17.8 Å². The summed E-state index contributed by atoms with van der Waals surface area (Å²) in [6.45, 7) is 4.29. The molecule has 4 nitrogen and oxygen atoms in total. The Morgan fingerprint density at radius 2 is 2.24 bits per heavy atom. The summed E-state index contributed by atoms with van der Waals surface area (Å²) in [5.74, 6) is 0.922. The highest BCUT2D eigenvalue weighted by atomic mass is 15.2. The molecule has 1 unspecified atom stereocenters. The van der Waals surface area contributed by atoms with Crippen LogP contribution in [0.15, 0.2) is 12.1 Å². The lowest BCUT2D eigenvalue weighted by molar-refractivity contribution is 0.247. The minimum absolute atomic E-state index is 0.519. The number of piperidine rings is 1. The lowest BCUT2D eigenvalue weighted by Gasteiger charge is -2.36. The number of hydrogen-bond acceptors (Lipinski definition) is 4. The number of nitrogens with two attached hydrogens (primary N) is 1. The summed E-state index contributed by atoms with van der Waals surface area (Å²) in [5, 5.41) is 0. The highest BCUT2D eigenvalue weighted by Crippen LogP contribution is 2.24. The number of nitrogen functional groups attached to an aromatic ring is 1. The maximum absolute atomic E-state index is 6.01. The van der Waals surface area contributed by atoms with E-state index in [-0.39, 0.29) is 0 Å². The SMILES string of the molecule is Cc1ccc(N)c(N(C)C2CCCN(C)C2)n1. The molecule has 1 aromatic heterocycles. The van der Waals surface area contributed by atoms with Gasteiger partial charge in [-0.3, -0.25) is 0 Å².